The van der Waals surface area contributed by atoms with Crippen LogP contribution in [0.2, 0.25) is 0 Å². The summed E-state index contributed by atoms with van der Waals surface area (Å²) in [5, 5.41) is 25.7. The van der Waals surface area contributed by atoms with Gasteiger partial charge in [-0.15, -0.1) is 0 Å². The zero-order valence-corrected chi connectivity index (χ0v) is 32.0. The Morgan fingerprint density at radius 2 is 1.65 bits per heavy atom. The van der Waals surface area contributed by atoms with Crippen molar-refractivity contribution in [3.05, 3.63) is 78.1 Å². The number of likely N-dealkylation sites (tertiary alicyclic amines) is 2. The number of carbonyl (C=O) groups is 1. The van der Waals surface area contributed by atoms with E-state index in [4.69, 9.17) is 4.62 Å². The van der Waals surface area contributed by atoms with Crippen molar-refractivity contribution < 1.29 is 9.42 Å². The van der Waals surface area contributed by atoms with E-state index in [1.54, 1.807) is 17.1 Å². The summed E-state index contributed by atoms with van der Waals surface area (Å²) < 4.78 is 14.3. The molecule has 0 unspecified atom stereocenters. The molecule has 1 saturated carbocycles. The van der Waals surface area contributed by atoms with Gasteiger partial charge in [0, 0.05) is 57.4 Å². The Balaban J connectivity index is 0.000000194. The molecule has 4 aromatic rings. The Hall–Kier alpha value is -3.96. The fraction of sp³-hybridized carbons (Fsp3) is 0.528. The van der Waals surface area contributed by atoms with Crippen LogP contribution in [0.15, 0.2) is 67.0 Å². The molecule has 51 heavy (non-hydrogen) atoms. The van der Waals surface area contributed by atoms with Crippen LogP contribution in [0.5, 0.6) is 0 Å². The molecule has 0 spiro atoms. The van der Waals surface area contributed by atoms with Gasteiger partial charge in [0.05, 0.1) is 29.8 Å². The Bertz CT molecular complexity index is 1780. The topological polar surface area (TPSA) is 127 Å². The summed E-state index contributed by atoms with van der Waals surface area (Å²) in [6.45, 7) is 3.23. The van der Waals surface area contributed by atoms with E-state index in [1.165, 1.54) is 16.8 Å². The number of hydrogen-bond donors (Lipinski definition) is 1. The third-order valence-electron chi connectivity index (χ3n) is 10.5. The number of rotatable bonds is 11. The Morgan fingerprint density at radius 3 is 2.25 bits per heavy atom. The average Bonchev–Trinajstić information content (AvgIpc) is 3.53. The van der Waals surface area contributed by atoms with Gasteiger partial charge in [-0.3, -0.25) is 14.4 Å². The van der Waals surface area contributed by atoms with Crippen LogP contribution in [-0.2, 0) is 7.05 Å². The number of amides is 1. The number of carbonyl (C=O) groups excluding carboxylic acids is 1. The van der Waals surface area contributed by atoms with Crippen LogP contribution >= 0.6 is 7.94 Å². The molecule has 15 heteroatoms. The summed E-state index contributed by atoms with van der Waals surface area (Å²) in [6, 6.07) is 22.1. The molecule has 2 aliphatic heterocycles. The molecule has 2 aromatic heterocycles. The first kappa shape index (κ1) is 36.8. The van der Waals surface area contributed by atoms with Gasteiger partial charge in [-0.05, 0) is 24.8 Å². The van der Waals surface area contributed by atoms with Crippen molar-refractivity contribution in [3.8, 4) is 6.07 Å². The third kappa shape index (κ3) is 7.65. The average molecular weight is 717 g/mol. The second-order valence-electron chi connectivity index (χ2n) is 14.7. The second kappa shape index (κ2) is 15.3. The monoisotopic (exact) mass is 716 g/mol. The molecule has 0 radical (unpaired) electrons. The van der Waals surface area contributed by atoms with Gasteiger partial charge < -0.3 is 10.2 Å². The minimum absolute atomic E-state index is 0.0129. The van der Waals surface area contributed by atoms with Gasteiger partial charge in [0.25, 0.3) is 5.91 Å². The van der Waals surface area contributed by atoms with Gasteiger partial charge in [-0.25, -0.2) is 0 Å². The standard InChI is InChI=1S/C24H30N6O.C12H23N6OP/c1-28-15-19(14-26-28)23(31)29-16-24(17-29,9-10-25)30-11-7-20(8-12-30)27-22-13-21(22)18-5-3-2-4-6-18;1-15(2)20(16(3)4,17(5)6)19-18-12-10-8-7-9-11(12)13-14-18/h2-6,14-15,20-22,27H,7-9,11-13,16-17H2,1H3;7-10,20H,1-6H3/t21-,22+;/m0./s1. The smallest absolute Gasteiger partial charge is 0.257 e. The first-order chi connectivity index (χ1) is 24.5. The maximum atomic E-state index is 12.7. The maximum absolute atomic E-state index is 12.7. The van der Waals surface area contributed by atoms with Gasteiger partial charge in [0.15, 0.2) is 0 Å². The van der Waals surface area contributed by atoms with E-state index in [-0.39, 0.29) is 11.4 Å². The van der Waals surface area contributed by atoms with Crippen LogP contribution in [0, 0.1) is 11.3 Å². The maximum Gasteiger partial charge on any atom is 0.257 e. The van der Waals surface area contributed by atoms with E-state index >= 15 is 0 Å². The van der Waals surface area contributed by atoms with Crippen LogP contribution in [0.3, 0.4) is 0 Å². The van der Waals surface area contributed by atoms with E-state index in [0.29, 0.717) is 43.1 Å². The number of nitrogens with one attached hydrogen (secondary N) is 1. The van der Waals surface area contributed by atoms with E-state index < -0.39 is 7.94 Å². The van der Waals surface area contributed by atoms with E-state index in [0.717, 1.165) is 37.0 Å². The Morgan fingerprint density at radius 1 is 1.00 bits per heavy atom. The van der Waals surface area contributed by atoms with E-state index in [1.807, 2.05) is 78.5 Å². The SMILES string of the molecule is CN(C)[PH](On1nnc2ccccc21)(N(C)C)N(C)C.Cn1cc(C(=O)N2CC(CC#N)(N3CCC(N[C@@H]4C[C@H]4c4ccccc4)CC3)C2)cn1. The first-order valence-corrected chi connectivity index (χ1v) is 19.5. The van der Waals surface area contributed by atoms with Crippen LogP contribution in [0.4, 0.5) is 0 Å². The molecule has 4 heterocycles. The number of benzene rings is 2. The molecule has 2 saturated heterocycles. The predicted octanol–water partition coefficient (Wildman–Crippen LogP) is 3.09. The number of para-hydroxylation sites is 1. The summed E-state index contributed by atoms with van der Waals surface area (Å²) in [5.74, 6) is 0.668. The summed E-state index contributed by atoms with van der Waals surface area (Å²) in [6.07, 6.45) is 7.27. The van der Waals surface area contributed by atoms with Gasteiger partial charge in [0.2, 0.25) is 0 Å². The summed E-state index contributed by atoms with van der Waals surface area (Å²) >= 11 is 0. The van der Waals surface area contributed by atoms with Crippen molar-refractivity contribution in [2.24, 2.45) is 7.05 Å². The molecule has 1 amide bonds. The minimum atomic E-state index is -2.49. The molecule has 274 valence electrons. The van der Waals surface area contributed by atoms with Crippen molar-refractivity contribution in [1.29, 1.82) is 5.26 Å². The number of nitriles is 1. The normalized spacial score (nSPS) is 20.9. The number of aryl methyl sites for hydroxylation is 1. The fourth-order valence-corrected chi connectivity index (χ4v) is 11.1. The molecule has 0 bridgehead atoms. The van der Waals surface area contributed by atoms with Crippen molar-refractivity contribution in [2.75, 3.05) is 68.5 Å². The molecule has 3 fully saturated rings. The molecule has 2 atom stereocenters. The largest absolute Gasteiger partial charge is 0.335 e. The van der Waals surface area contributed by atoms with Crippen LogP contribution < -0.4 is 9.94 Å². The molecular formula is C36H53N12O2P. The summed E-state index contributed by atoms with van der Waals surface area (Å²) in [5.41, 5.74) is 3.57. The number of piperidine rings is 1. The van der Waals surface area contributed by atoms with Gasteiger partial charge >= 0.3 is 119 Å². The van der Waals surface area contributed by atoms with Crippen molar-refractivity contribution in [2.45, 2.75) is 49.2 Å². The van der Waals surface area contributed by atoms with Gasteiger partial charge in [0.1, 0.15) is 0 Å². The second-order valence-corrected chi connectivity index (χ2v) is 18.7. The Kier molecular flexibility index (Phi) is 11.1. The quantitative estimate of drug-likeness (QED) is 0.230. The third-order valence-corrected chi connectivity index (χ3v) is 14.4. The van der Waals surface area contributed by atoms with Crippen molar-refractivity contribution in [1.82, 2.24) is 54.1 Å². The van der Waals surface area contributed by atoms with Gasteiger partial charge in [-0.2, -0.15) is 10.4 Å². The van der Waals surface area contributed by atoms with Crippen molar-refractivity contribution >= 4 is 24.9 Å². The van der Waals surface area contributed by atoms with Crippen LogP contribution in [0.1, 0.15) is 47.5 Å². The number of nitrogens with zero attached hydrogens (tertiary/aromatic N) is 11. The molecule has 1 aliphatic carbocycles. The van der Waals surface area contributed by atoms with Gasteiger partial charge in [-0.1, -0.05) is 30.3 Å². The minimum Gasteiger partial charge on any atom is -0.335 e. The Labute approximate surface area is 302 Å². The predicted molar refractivity (Wildman–Crippen MR) is 201 cm³/mol. The van der Waals surface area contributed by atoms with E-state index in [9.17, 15) is 10.1 Å². The number of fused-ring (bicyclic) bond motifs is 1. The zero-order chi connectivity index (χ0) is 36.3. The van der Waals surface area contributed by atoms with Crippen molar-refractivity contribution in [3.63, 3.8) is 0 Å². The molecule has 2 aromatic carbocycles. The molecule has 14 nitrogen and oxygen atoms in total. The molecule has 7 rings (SSSR count). The number of aromatic nitrogens is 5. The van der Waals surface area contributed by atoms with Crippen LogP contribution in [-0.4, -0.2) is 141 Å². The molecule has 1 N–H and O–H groups in total. The van der Waals surface area contributed by atoms with Crippen LogP contribution in [0.25, 0.3) is 11.0 Å². The van der Waals surface area contributed by atoms with E-state index in [2.05, 4.69) is 76.0 Å². The number of hydrogen-bond acceptors (Lipinski definition) is 11. The molecule has 3 aliphatic rings. The molecular weight excluding hydrogens is 663 g/mol. The zero-order valence-electron chi connectivity index (χ0n) is 31.0. The fourth-order valence-electron chi connectivity index (χ4n) is 7.84. The first-order valence-electron chi connectivity index (χ1n) is 17.7. The summed E-state index contributed by atoms with van der Waals surface area (Å²) in [7, 11) is 11.4. The summed E-state index contributed by atoms with van der Waals surface area (Å²) in [4.78, 5) is 18.5.